The number of benzene rings is 1. The molecule has 1 heterocycles. The molecule has 0 amide bonds. The molecule has 5 heteroatoms. The van der Waals surface area contributed by atoms with Gasteiger partial charge in [0.05, 0.1) is 13.2 Å². The first-order valence-electron chi connectivity index (χ1n) is 9.41. The summed E-state index contributed by atoms with van der Waals surface area (Å²) in [5, 5.41) is 6.95. The molecule has 0 radical (unpaired) electrons. The third kappa shape index (κ3) is 6.67. The van der Waals surface area contributed by atoms with E-state index in [1.54, 1.807) is 0 Å². The van der Waals surface area contributed by atoms with Gasteiger partial charge in [-0.3, -0.25) is 9.89 Å². The van der Waals surface area contributed by atoms with Gasteiger partial charge in [0.15, 0.2) is 5.96 Å². The third-order valence-corrected chi connectivity index (χ3v) is 4.74. The van der Waals surface area contributed by atoms with Crippen LogP contribution in [0, 0.1) is 12.8 Å². The van der Waals surface area contributed by atoms with Crippen molar-refractivity contribution < 1.29 is 4.74 Å². The Morgan fingerprint density at radius 1 is 1.20 bits per heavy atom. The fraction of sp³-hybridized carbons (Fsp3) is 0.650. The molecule has 25 heavy (non-hydrogen) atoms. The van der Waals surface area contributed by atoms with Crippen molar-refractivity contribution >= 4 is 5.96 Å². The highest BCUT2D eigenvalue weighted by atomic mass is 16.5. The number of hydrogen-bond donors (Lipinski definition) is 2. The number of rotatable bonds is 7. The number of morpholine rings is 1. The summed E-state index contributed by atoms with van der Waals surface area (Å²) in [6.45, 7) is 12.2. The lowest BCUT2D eigenvalue weighted by Gasteiger charge is -2.35. The van der Waals surface area contributed by atoms with Gasteiger partial charge in [-0.05, 0) is 30.4 Å². The highest BCUT2D eigenvalue weighted by Crippen LogP contribution is 2.13. The largest absolute Gasteiger partial charge is 0.379 e. The van der Waals surface area contributed by atoms with Gasteiger partial charge in [-0.1, -0.05) is 38.1 Å². The third-order valence-electron chi connectivity index (χ3n) is 4.74. The number of guanidine groups is 1. The van der Waals surface area contributed by atoms with Crippen molar-refractivity contribution in [3.63, 3.8) is 0 Å². The predicted octanol–water partition coefficient (Wildman–Crippen LogP) is 2.41. The molecule has 140 valence electrons. The molecule has 1 fully saturated rings. The summed E-state index contributed by atoms with van der Waals surface area (Å²) >= 11 is 0. The van der Waals surface area contributed by atoms with Crippen LogP contribution in [0.1, 0.15) is 31.4 Å². The molecule has 5 nitrogen and oxygen atoms in total. The highest BCUT2D eigenvalue weighted by molar-refractivity contribution is 5.79. The second-order valence-corrected chi connectivity index (χ2v) is 7.16. The monoisotopic (exact) mass is 346 g/mol. The maximum atomic E-state index is 5.50. The second-order valence-electron chi connectivity index (χ2n) is 7.16. The predicted molar refractivity (Wildman–Crippen MR) is 105 cm³/mol. The van der Waals surface area contributed by atoms with Crippen LogP contribution in [0.5, 0.6) is 0 Å². The average molecular weight is 347 g/mol. The van der Waals surface area contributed by atoms with E-state index in [0.29, 0.717) is 12.0 Å². The van der Waals surface area contributed by atoms with Gasteiger partial charge < -0.3 is 15.4 Å². The Morgan fingerprint density at radius 2 is 1.92 bits per heavy atom. The summed E-state index contributed by atoms with van der Waals surface area (Å²) in [6, 6.07) is 8.97. The van der Waals surface area contributed by atoms with Crippen LogP contribution in [0.2, 0.25) is 0 Å². The van der Waals surface area contributed by atoms with Crippen molar-refractivity contribution in [2.24, 2.45) is 10.9 Å². The van der Waals surface area contributed by atoms with Gasteiger partial charge in [0.1, 0.15) is 0 Å². The maximum Gasteiger partial charge on any atom is 0.191 e. The van der Waals surface area contributed by atoms with Crippen LogP contribution in [-0.4, -0.2) is 56.8 Å². The molecule has 1 unspecified atom stereocenters. The summed E-state index contributed by atoms with van der Waals surface area (Å²) < 4.78 is 5.50. The Bertz CT molecular complexity index is 538. The lowest BCUT2D eigenvalue weighted by molar-refractivity contribution is 0.0132. The summed E-state index contributed by atoms with van der Waals surface area (Å²) in [5.74, 6) is 1.54. The summed E-state index contributed by atoms with van der Waals surface area (Å²) in [5.41, 5.74) is 2.61. The molecule has 1 saturated heterocycles. The SMILES string of the molecule is CN=C(NCc1ccccc1C)NCC(CC(C)C)N1CCOCC1. The summed E-state index contributed by atoms with van der Waals surface area (Å²) in [6.07, 6.45) is 1.18. The van der Waals surface area contributed by atoms with E-state index in [0.717, 1.165) is 45.4 Å². The van der Waals surface area contributed by atoms with Gasteiger partial charge in [0.2, 0.25) is 0 Å². The molecule has 1 aromatic rings. The Balaban J connectivity index is 1.86. The zero-order valence-corrected chi connectivity index (χ0v) is 16.2. The van der Waals surface area contributed by atoms with E-state index in [2.05, 4.69) is 65.6 Å². The number of ether oxygens (including phenoxy) is 1. The molecular weight excluding hydrogens is 312 g/mol. The molecule has 2 N–H and O–H groups in total. The van der Waals surface area contributed by atoms with Gasteiger partial charge in [0.25, 0.3) is 0 Å². The van der Waals surface area contributed by atoms with Crippen LogP contribution >= 0.6 is 0 Å². The average Bonchev–Trinajstić information content (AvgIpc) is 2.62. The topological polar surface area (TPSA) is 48.9 Å². The van der Waals surface area contributed by atoms with E-state index in [1.807, 2.05) is 7.05 Å². The van der Waals surface area contributed by atoms with Crippen molar-refractivity contribution in [2.75, 3.05) is 39.9 Å². The van der Waals surface area contributed by atoms with Crippen molar-refractivity contribution in [1.29, 1.82) is 0 Å². The van der Waals surface area contributed by atoms with Crippen molar-refractivity contribution in [3.05, 3.63) is 35.4 Å². The minimum atomic E-state index is 0.515. The quantitative estimate of drug-likeness (QED) is 0.588. The van der Waals surface area contributed by atoms with Gasteiger partial charge in [-0.2, -0.15) is 0 Å². The lowest BCUT2D eigenvalue weighted by Crippen LogP contribution is -2.51. The summed E-state index contributed by atoms with van der Waals surface area (Å²) in [4.78, 5) is 6.93. The standard InChI is InChI=1S/C20H34N4O/c1-16(2)13-19(24-9-11-25-12-10-24)15-23-20(21-4)22-14-18-8-6-5-7-17(18)3/h5-8,16,19H,9-15H2,1-4H3,(H2,21,22,23). The minimum Gasteiger partial charge on any atom is -0.379 e. The number of nitrogens with zero attached hydrogens (tertiary/aromatic N) is 2. The van der Waals surface area contributed by atoms with E-state index in [4.69, 9.17) is 4.74 Å². The first-order valence-corrected chi connectivity index (χ1v) is 9.41. The number of aryl methyl sites for hydroxylation is 1. The van der Waals surface area contributed by atoms with Gasteiger partial charge >= 0.3 is 0 Å². The van der Waals surface area contributed by atoms with Crippen LogP contribution in [0.3, 0.4) is 0 Å². The first kappa shape index (κ1) is 19.7. The van der Waals surface area contributed by atoms with Crippen LogP contribution in [0.4, 0.5) is 0 Å². The minimum absolute atomic E-state index is 0.515. The zero-order valence-electron chi connectivity index (χ0n) is 16.2. The smallest absolute Gasteiger partial charge is 0.191 e. The van der Waals surface area contributed by atoms with Gasteiger partial charge in [0, 0.05) is 39.3 Å². The van der Waals surface area contributed by atoms with E-state index in [1.165, 1.54) is 17.5 Å². The Morgan fingerprint density at radius 3 is 2.56 bits per heavy atom. The normalized spacial score (nSPS) is 17.6. The number of hydrogen-bond acceptors (Lipinski definition) is 3. The van der Waals surface area contributed by atoms with Crippen molar-refractivity contribution in [2.45, 2.75) is 39.8 Å². The number of aliphatic imine (C=N–C) groups is 1. The summed E-state index contributed by atoms with van der Waals surface area (Å²) in [7, 11) is 1.83. The molecule has 1 atom stereocenters. The molecule has 0 spiro atoms. The first-order chi connectivity index (χ1) is 12.1. The van der Waals surface area contributed by atoms with E-state index < -0.39 is 0 Å². The van der Waals surface area contributed by atoms with Crippen LogP contribution in [0.15, 0.2) is 29.3 Å². The molecular formula is C20H34N4O. The fourth-order valence-electron chi connectivity index (χ4n) is 3.27. The van der Waals surface area contributed by atoms with Crippen molar-refractivity contribution in [3.8, 4) is 0 Å². The Hall–Kier alpha value is -1.59. The molecule has 0 aliphatic carbocycles. The van der Waals surface area contributed by atoms with E-state index in [9.17, 15) is 0 Å². The zero-order chi connectivity index (χ0) is 18.1. The number of nitrogens with one attached hydrogen (secondary N) is 2. The van der Waals surface area contributed by atoms with E-state index in [-0.39, 0.29) is 0 Å². The Kier molecular flexibility index (Phi) is 8.22. The lowest BCUT2D eigenvalue weighted by atomic mass is 10.0. The molecule has 0 aromatic heterocycles. The maximum absolute atomic E-state index is 5.50. The molecule has 0 bridgehead atoms. The molecule has 0 saturated carbocycles. The molecule has 1 aromatic carbocycles. The molecule has 1 aliphatic rings. The second kappa shape index (κ2) is 10.4. The molecule has 2 rings (SSSR count). The van der Waals surface area contributed by atoms with Crippen molar-refractivity contribution in [1.82, 2.24) is 15.5 Å². The highest BCUT2D eigenvalue weighted by Gasteiger charge is 2.22. The van der Waals surface area contributed by atoms with Crippen LogP contribution < -0.4 is 10.6 Å². The van der Waals surface area contributed by atoms with Gasteiger partial charge in [-0.15, -0.1) is 0 Å². The molecule has 1 aliphatic heterocycles. The van der Waals surface area contributed by atoms with Crippen LogP contribution in [-0.2, 0) is 11.3 Å². The Labute approximate surface area is 152 Å². The van der Waals surface area contributed by atoms with E-state index >= 15 is 0 Å². The van der Waals surface area contributed by atoms with Gasteiger partial charge in [-0.25, -0.2) is 0 Å². The van der Waals surface area contributed by atoms with Crippen LogP contribution in [0.25, 0.3) is 0 Å². The fourth-order valence-corrected chi connectivity index (χ4v) is 3.27.